The molecule has 0 unspecified atom stereocenters. The Balaban J connectivity index is 1.81. The zero-order valence-corrected chi connectivity index (χ0v) is 14.1. The Morgan fingerprint density at radius 1 is 1.32 bits per heavy atom. The third-order valence-electron chi connectivity index (χ3n) is 3.16. The third-order valence-corrected chi connectivity index (χ3v) is 3.81. The average molecular weight is 383 g/mol. The predicted molar refractivity (Wildman–Crippen MR) is 88.1 cm³/mol. The van der Waals surface area contributed by atoms with Gasteiger partial charge in [-0.1, -0.05) is 11.6 Å². The second-order valence-electron chi connectivity index (χ2n) is 5.04. The van der Waals surface area contributed by atoms with Crippen LogP contribution in [0.5, 0.6) is 0 Å². The van der Waals surface area contributed by atoms with Gasteiger partial charge >= 0.3 is 0 Å². The molecule has 3 rings (SSSR count). The van der Waals surface area contributed by atoms with Crippen LogP contribution in [0.15, 0.2) is 50.4 Å². The summed E-state index contributed by atoms with van der Waals surface area (Å²) in [6.07, 6.45) is 1.57. The zero-order chi connectivity index (χ0) is 15.7. The van der Waals surface area contributed by atoms with Crippen molar-refractivity contribution in [1.82, 2.24) is 14.3 Å². The summed E-state index contributed by atoms with van der Waals surface area (Å²) >= 11 is 9.18. The molecule has 22 heavy (non-hydrogen) atoms. The van der Waals surface area contributed by atoms with Crippen LogP contribution < -0.4 is 5.56 Å². The quantitative estimate of drug-likeness (QED) is 0.694. The van der Waals surface area contributed by atoms with Gasteiger partial charge < -0.3 is 4.42 Å². The molecule has 0 radical (unpaired) electrons. The Hall–Kier alpha value is -1.63. The van der Waals surface area contributed by atoms with Crippen molar-refractivity contribution in [3.8, 4) is 0 Å². The van der Waals surface area contributed by atoms with E-state index in [1.807, 2.05) is 24.1 Å². The maximum Gasteiger partial charge on any atom is 0.258 e. The molecular weight excluding hydrogens is 370 g/mol. The Morgan fingerprint density at radius 2 is 2.14 bits per heavy atom. The van der Waals surface area contributed by atoms with E-state index in [0.717, 1.165) is 5.76 Å². The Bertz CT molecular complexity index is 875. The van der Waals surface area contributed by atoms with Gasteiger partial charge in [-0.3, -0.25) is 14.1 Å². The van der Waals surface area contributed by atoms with Crippen molar-refractivity contribution in [3.63, 3.8) is 0 Å². The molecule has 7 heteroatoms. The number of furan rings is 1. The number of fused-ring (bicyclic) bond motifs is 1. The van der Waals surface area contributed by atoms with Crippen LogP contribution >= 0.6 is 27.5 Å². The first-order chi connectivity index (χ1) is 10.5. The molecule has 0 aliphatic heterocycles. The molecule has 0 aliphatic rings. The molecule has 3 aromatic heterocycles. The number of pyridine rings is 1. The summed E-state index contributed by atoms with van der Waals surface area (Å²) in [5.74, 6) is 0.846. The number of halogens is 2. The number of nitrogens with zero attached hydrogens (tertiary/aromatic N) is 3. The van der Waals surface area contributed by atoms with E-state index >= 15 is 0 Å². The number of hydrogen-bond donors (Lipinski definition) is 0. The Labute approximate surface area is 140 Å². The standard InChI is InChI=1S/C15H13BrClN3O2/c1-19(9-12-3-4-13(16)22-12)8-11-6-15(21)20-7-10(17)2-5-14(20)18-11/h2-7H,8-9H2,1H3. The van der Waals surface area contributed by atoms with Gasteiger partial charge in [0.1, 0.15) is 11.4 Å². The van der Waals surface area contributed by atoms with Gasteiger partial charge in [-0.25, -0.2) is 4.98 Å². The molecule has 5 nitrogen and oxygen atoms in total. The van der Waals surface area contributed by atoms with Crippen molar-refractivity contribution in [2.45, 2.75) is 13.1 Å². The van der Waals surface area contributed by atoms with Crippen LogP contribution in [0.4, 0.5) is 0 Å². The molecule has 0 saturated heterocycles. The number of aromatic nitrogens is 2. The zero-order valence-electron chi connectivity index (χ0n) is 11.8. The van der Waals surface area contributed by atoms with Crippen molar-refractivity contribution in [2.24, 2.45) is 0 Å². The van der Waals surface area contributed by atoms with E-state index in [1.165, 1.54) is 10.5 Å². The van der Waals surface area contributed by atoms with Crippen LogP contribution in [-0.2, 0) is 13.1 Å². The van der Waals surface area contributed by atoms with E-state index < -0.39 is 0 Å². The number of hydrogen-bond acceptors (Lipinski definition) is 4. The molecule has 3 heterocycles. The topological polar surface area (TPSA) is 50.8 Å². The Kier molecular flexibility index (Phi) is 4.33. The monoisotopic (exact) mass is 381 g/mol. The lowest BCUT2D eigenvalue weighted by atomic mass is 10.3. The van der Waals surface area contributed by atoms with Crippen LogP contribution in [0, 0.1) is 0 Å². The minimum atomic E-state index is -0.142. The normalized spacial score (nSPS) is 11.5. The SMILES string of the molecule is CN(Cc1cc(=O)n2cc(Cl)ccc2n1)Cc1ccc(Br)o1. The van der Waals surface area contributed by atoms with E-state index in [-0.39, 0.29) is 5.56 Å². The fourth-order valence-electron chi connectivity index (χ4n) is 2.24. The summed E-state index contributed by atoms with van der Waals surface area (Å²) in [5, 5.41) is 0.504. The lowest BCUT2D eigenvalue weighted by molar-refractivity contribution is 0.282. The summed E-state index contributed by atoms with van der Waals surface area (Å²) in [6, 6.07) is 8.74. The molecule has 0 aliphatic carbocycles. The van der Waals surface area contributed by atoms with E-state index in [1.54, 1.807) is 18.3 Å². The summed E-state index contributed by atoms with van der Waals surface area (Å²) < 4.78 is 7.62. The molecule has 0 saturated carbocycles. The first kappa shape index (κ1) is 15.3. The van der Waals surface area contributed by atoms with Crippen molar-refractivity contribution in [3.05, 3.63) is 68.0 Å². The molecule has 0 N–H and O–H groups in total. The maximum absolute atomic E-state index is 12.1. The van der Waals surface area contributed by atoms with Crippen molar-refractivity contribution in [1.29, 1.82) is 0 Å². The van der Waals surface area contributed by atoms with E-state index in [2.05, 4.69) is 20.9 Å². The van der Waals surface area contributed by atoms with Gasteiger partial charge in [0, 0.05) is 18.8 Å². The van der Waals surface area contributed by atoms with E-state index in [0.29, 0.717) is 34.1 Å². The highest BCUT2D eigenvalue weighted by atomic mass is 79.9. The van der Waals surface area contributed by atoms with Crippen LogP contribution in [-0.4, -0.2) is 21.3 Å². The first-order valence-corrected chi connectivity index (χ1v) is 7.79. The maximum atomic E-state index is 12.1. The summed E-state index contributed by atoms with van der Waals surface area (Å²) in [4.78, 5) is 18.6. The molecule has 0 atom stereocenters. The van der Waals surface area contributed by atoms with Gasteiger partial charge in [0.2, 0.25) is 0 Å². The van der Waals surface area contributed by atoms with E-state index in [9.17, 15) is 4.79 Å². The third kappa shape index (κ3) is 3.40. The van der Waals surface area contributed by atoms with Crippen molar-refractivity contribution in [2.75, 3.05) is 7.05 Å². The summed E-state index contributed by atoms with van der Waals surface area (Å²) in [6.45, 7) is 1.18. The van der Waals surface area contributed by atoms with E-state index in [4.69, 9.17) is 16.0 Å². The summed E-state index contributed by atoms with van der Waals surface area (Å²) in [7, 11) is 1.95. The van der Waals surface area contributed by atoms with Crippen LogP contribution in [0.3, 0.4) is 0 Å². The largest absolute Gasteiger partial charge is 0.453 e. The highest BCUT2D eigenvalue weighted by molar-refractivity contribution is 9.10. The lowest BCUT2D eigenvalue weighted by Crippen LogP contribution is -2.21. The fraction of sp³-hybridized carbons (Fsp3) is 0.200. The highest BCUT2D eigenvalue weighted by Gasteiger charge is 2.08. The minimum absolute atomic E-state index is 0.142. The second kappa shape index (κ2) is 6.24. The molecule has 0 amide bonds. The average Bonchev–Trinajstić information content (AvgIpc) is 2.85. The predicted octanol–water partition coefficient (Wildman–Crippen LogP) is 3.34. The van der Waals surface area contributed by atoms with Gasteiger partial charge in [-0.2, -0.15) is 0 Å². The fourth-order valence-corrected chi connectivity index (χ4v) is 2.74. The number of rotatable bonds is 4. The molecule has 0 spiro atoms. The van der Waals surface area contributed by atoms with Gasteiger partial charge in [-0.15, -0.1) is 0 Å². The molecule has 114 valence electrons. The molecule has 0 fully saturated rings. The highest BCUT2D eigenvalue weighted by Crippen LogP contribution is 2.16. The molecule has 0 bridgehead atoms. The Morgan fingerprint density at radius 3 is 2.86 bits per heavy atom. The first-order valence-electron chi connectivity index (χ1n) is 6.62. The minimum Gasteiger partial charge on any atom is -0.453 e. The summed E-state index contributed by atoms with van der Waals surface area (Å²) in [5.41, 5.74) is 1.15. The van der Waals surface area contributed by atoms with Gasteiger partial charge in [0.05, 0.1) is 17.3 Å². The second-order valence-corrected chi connectivity index (χ2v) is 6.26. The van der Waals surface area contributed by atoms with Gasteiger partial charge in [-0.05, 0) is 47.2 Å². The van der Waals surface area contributed by atoms with Crippen LogP contribution in [0.2, 0.25) is 5.02 Å². The van der Waals surface area contributed by atoms with Crippen molar-refractivity contribution >= 4 is 33.2 Å². The van der Waals surface area contributed by atoms with Crippen LogP contribution in [0.25, 0.3) is 5.65 Å². The smallest absolute Gasteiger partial charge is 0.258 e. The van der Waals surface area contributed by atoms with Gasteiger partial charge in [0.25, 0.3) is 5.56 Å². The van der Waals surface area contributed by atoms with Crippen LogP contribution in [0.1, 0.15) is 11.5 Å². The molecule has 0 aromatic carbocycles. The van der Waals surface area contributed by atoms with Gasteiger partial charge in [0.15, 0.2) is 4.67 Å². The van der Waals surface area contributed by atoms with Crippen molar-refractivity contribution < 1.29 is 4.42 Å². The molecule has 3 aromatic rings. The molecular formula is C15H13BrClN3O2. The lowest BCUT2D eigenvalue weighted by Gasteiger charge is -2.14.